The largest absolute Gasteiger partial charge is 0.508 e. The van der Waals surface area contributed by atoms with Gasteiger partial charge in [0.25, 0.3) is 0 Å². The van der Waals surface area contributed by atoms with Crippen molar-refractivity contribution in [2.75, 3.05) is 0 Å². The summed E-state index contributed by atoms with van der Waals surface area (Å²) in [5, 5.41) is 9.32. The molecule has 0 saturated carbocycles. The predicted molar refractivity (Wildman–Crippen MR) is 74.1 cm³/mol. The first kappa shape index (κ1) is 11.7. The fraction of sp³-hybridized carbons (Fsp3) is 0.200. The van der Waals surface area contributed by atoms with E-state index in [1.54, 1.807) is 18.3 Å². The van der Waals surface area contributed by atoms with Crippen molar-refractivity contribution >= 4 is 11.2 Å². The number of hydrogen-bond donors (Lipinski definition) is 1. The monoisotopic (exact) mass is 253 g/mol. The van der Waals surface area contributed by atoms with Crippen LogP contribution in [0.3, 0.4) is 0 Å². The van der Waals surface area contributed by atoms with Gasteiger partial charge in [0.2, 0.25) is 0 Å². The minimum atomic E-state index is 0.285. The van der Waals surface area contributed by atoms with Gasteiger partial charge in [0.05, 0.1) is 6.54 Å². The van der Waals surface area contributed by atoms with Gasteiger partial charge in [-0.3, -0.25) is 0 Å². The van der Waals surface area contributed by atoms with Crippen LogP contribution in [0.5, 0.6) is 5.75 Å². The number of hydrogen-bond acceptors (Lipinski definition) is 3. The molecule has 2 heterocycles. The number of phenolic OH excluding ortho intramolecular Hbond substituents is 1. The summed E-state index contributed by atoms with van der Waals surface area (Å²) < 4.78 is 2.13. The number of nitrogens with zero attached hydrogens (tertiary/aromatic N) is 3. The molecule has 0 spiro atoms. The van der Waals surface area contributed by atoms with Crippen LogP contribution in [0.15, 0.2) is 42.6 Å². The molecule has 19 heavy (non-hydrogen) atoms. The fourth-order valence-corrected chi connectivity index (χ4v) is 2.23. The quantitative estimate of drug-likeness (QED) is 0.780. The molecular formula is C15H15N3O. The minimum Gasteiger partial charge on any atom is -0.508 e. The molecule has 3 aromatic rings. The lowest BCUT2D eigenvalue weighted by molar-refractivity contribution is 0.475. The zero-order chi connectivity index (χ0) is 13.2. The number of pyridine rings is 1. The average molecular weight is 253 g/mol. The Kier molecular flexibility index (Phi) is 2.91. The molecule has 0 aliphatic heterocycles. The highest BCUT2D eigenvalue weighted by molar-refractivity contribution is 5.71. The third-order valence-electron chi connectivity index (χ3n) is 3.18. The van der Waals surface area contributed by atoms with Crippen molar-refractivity contribution in [2.24, 2.45) is 0 Å². The summed E-state index contributed by atoms with van der Waals surface area (Å²) in [7, 11) is 0. The maximum Gasteiger partial charge on any atom is 0.160 e. The molecule has 0 bridgehead atoms. The molecule has 3 rings (SSSR count). The highest BCUT2D eigenvalue weighted by Crippen LogP contribution is 2.17. The molecule has 0 saturated heterocycles. The number of aryl methyl sites for hydroxylation is 1. The van der Waals surface area contributed by atoms with Crippen LogP contribution in [0.1, 0.15) is 18.3 Å². The van der Waals surface area contributed by atoms with E-state index >= 15 is 0 Å². The van der Waals surface area contributed by atoms with E-state index in [0.717, 1.165) is 35.5 Å². The van der Waals surface area contributed by atoms with Gasteiger partial charge in [-0.15, -0.1) is 0 Å². The second-order valence-corrected chi connectivity index (χ2v) is 4.48. The van der Waals surface area contributed by atoms with Crippen molar-refractivity contribution in [1.29, 1.82) is 0 Å². The van der Waals surface area contributed by atoms with Crippen LogP contribution in [0.4, 0.5) is 0 Å². The molecule has 0 aliphatic carbocycles. The van der Waals surface area contributed by atoms with Crippen LogP contribution in [0.2, 0.25) is 0 Å². The summed E-state index contributed by atoms with van der Waals surface area (Å²) in [6, 6.07) is 11.1. The van der Waals surface area contributed by atoms with Crippen molar-refractivity contribution < 1.29 is 5.11 Å². The number of aromatic nitrogens is 3. The molecule has 0 amide bonds. The SMILES string of the molecule is CCc1nc2cccnc2n1Cc1ccc(O)cc1. The van der Waals surface area contributed by atoms with Crippen molar-refractivity contribution in [3.8, 4) is 5.75 Å². The van der Waals surface area contributed by atoms with Gasteiger partial charge < -0.3 is 9.67 Å². The molecule has 1 aromatic carbocycles. The lowest BCUT2D eigenvalue weighted by Crippen LogP contribution is -2.05. The number of aromatic hydroxyl groups is 1. The Morgan fingerprint density at radius 1 is 1.16 bits per heavy atom. The Morgan fingerprint density at radius 3 is 2.68 bits per heavy atom. The molecule has 1 N–H and O–H groups in total. The highest BCUT2D eigenvalue weighted by Gasteiger charge is 2.10. The Bertz CT molecular complexity index is 701. The smallest absolute Gasteiger partial charge is 0.160 e. The second-order valence-electron chi connectivity index (χ2n) is 4.48. The molecule has 2 aromatic heterocycles. The van der Waals surface area contributed by atoms with E-state index in [1.807, 2.05) is 24.3 Å². The first-order valence-corrected chi connectivity index (χ1v) is 6.36. The normalized spacial score (nSPS) is 11.0. The lowest BCUT2D eigenvalue weighted by Gasteiger charge is -2.07. The fourth-order valence-electron chi connectivity index (χ4n) is 2.23. The summed E-state index contributed by atoms with van der Waals surface area (Å²) in [5.74, 6) is 1.31. The number of rotatable bonds is 3. The number of imidazole rings is 1. The van der Waals surface area contributed by atoms with E-state index < -0.39 is 0 Å². The van der Waals surface area contributed by atoms with Crippen LogP contribution in [-0.4, -0.2) is 19.6 Å². The van der Waals surface area contributed by atoms with Gasteiger partial charge >= 0.3 is 0 Å². The van der Waals surface area contributed by atoms with Crippen molar-refractivity contribution in [2.45, 2.75) is 19.9 Å². The van der Waals surface area contributed by atoms with E-state index in [0.29, 0.717) is 0 Å². The minimum absolute atomic E-state index is 0.285. The third-order valence-corrected chi connectivity index (χ3v) is 3.18. The van der Waals surface area contributed by atoms with Crippen LogP contribution in [-0.2, 0) is 13.0 Å². The van der Waals surface area contributed by atoms with Crippen LogP contribution in [0, 0.1) is 0 Å². The zero-order valence-electron chi connectivity index (χ0n) is 10.7. The van der Waals surface area contributed by atoms with E-state index in [4.69, 9.17) is 0 Å². The van der Waals surface area contributed by atoms with Gasteiger partial charge in [0.1, 0.15) is 17.1 Å². The van der Waals surface area contributed by atoms with Crippen molar-refractivity contribution in [1.82, 2.24) is 14.5 Å². The first-order chi connectivity index (χ1) is 9.28. The van der Waals surface area contributed by atoms with E-state index in [9.17, 15) is 5.11 Å². The topological polar surface area (TPSA) is 50.9 Å². The molecule has 4 heteroatoms. The molecule has 0 atom stereocenters. The van der Waals surface area contributed by atoms with Crippen LogP contribution < -0.4 is 0 Å². The maximum atomic E-state index is 9.32. The Balaban J connectivity index is 2.06. The number of fused-ring (bicyclic) bond motifs is 1. The van der Waals surface area contributed by atoms with E-state index in [1.165, 1.54) is 0 Å². The predicted octanol–water partition coefficient (Wildman–Crippen LogP) is 2.75. The maximum absolute atomic E-state index is 9.32. The molecule has 0 fully saturated rings. The molecule has 0 unspecified atom stereocenters. The Hall–Kier alpha value is -2.36. The highest BCUT2D eigenvalue weighted by atomic mass is 16.3. The van der Waals surface area contributed by atoms with Crippen LogP contribution >= 0.6 is 0 Å². The number of phenols is 1. The van der Waals surface area contributed by atoms with E-state index in [-0.39, 0.29) is 5.75 Å². The molecule has 0 aliphatic rings. The van der Waals surface area contributed by atoms with Gasteiger partial charge in [0, 0.05) is 12.6 Å². The average Bonchev–Trinajstić information content (AvgIpc) is 2.79. The van der Waals surface area contributed by atoms with Gasteiger partial charge in [-0.05, 0) is 29.8 Å². The number of benzene rings is 1. The molecular weight excluding hydrogens is 238 g/mol. The molecule has 0 radical (unpaired) electrons. The van der Waals surface area contributed by atoms with Crippen LogP contribution in [0.25, 0.3) is 11.2 Å². The van der Waals surface area contributed by atoms with Gasteiger partial charge in [-0.1, -0.05) is 19.1 Å². The van der Waals surface area contributed by atoms with Crippen molar-refractivity contribution in [3.63, 3.8) is 0 Å². The zero-order valence-corrected chi connectivity index (χ0v) is 10.7. The van der Waals surface area contributed by atoms with E-state index in [2.05, 4.69) is 21.5 Å². The standard InChI is InChI=1S/C15H15N3O/c1-2-14-17-13-4-3-9-16-15(13)18(14)10-11-5-7-12(19)8-6-11/h3-9,19H,2,10H2,1H3. The van der Waals surface area contributed by atoms with Gasteiger partial charge in [0.15, 0.2) is 5.65 Å². The van der Waals surface area contributed by atoms with Crippen molar-refractivity contribution in [3.05, 3.63) is 54.0 Å². The Morgan fingerprint density at radius 2 is 1.95 bits per heavy atom. The molecule has 96 valence electrons. The third kappa shape index (κ3) is 2.17. The van der Waals surface area contributed by atoms with Gasteiger partial charge in [-0.2, -0.15) is 0 Å². The second kappa shape index (κ2) is 4.72. The molecule has 4 nitrogen and oxygen atoms in total. The summed E-state index contributed by atoms with van der Waals surface area (Å²) in [5.41, 5.74) is 2.96. The summed E-state index contributed by atoms with van der Waals surface area (Å²) in [6.45, 7) is 2.81. The summed E-state index contributed by atoms with van der Waals surface area (Å²) in [4.78, 5) is 9.01. The first-order valence-electron chi connectivity index (χ1n) is 6.36. The summed E-state index contributed by atoms with van der Waals surface area (Å²) in [6.07, 6.45) is 2.66. The summed E-state index contributed by atoms with van der Waals surface area (Å²) >= 11 is 0. The van der Waals surface area contributed by atoms with Gasteiger partial charge in [-0.25, -0.2) is 9.97 Å². The Labute approximate surface area is 111 Å². The lowest BCUT2D eigenvalue weighted by atomic mass is 10.2.